The molecule has 304 valence electrons. The fourth-order valence-electron chi connectivity index (χ4n) is 7.65. The van der Waals surface area contributed by atoms with Crippen LogP contribution in [-0.4, -0.2) is 59.4 Å². The van der Waals surface area contributed by atoms with Gasteiger partial charge in [0, 0.05) is 0 Å². The Labute approximate surface area is 353 Å². The van der Waals surface area contributed by atoms with Gasteiger partial charge in [0.2, 0.25) is 9.84 Å². The van der Waals surface area contributed by atoms with E-state index in [2.05, 4.69) is 27.7 Å². The molecule has 0 radical (unpaired) electrons. The molecule has 8 rings (SSSR count). The first-order valence-corrected chi connectivity index (χ1v) is 21.7. The molecule has 0 spiro atoms. The van der Waals surface area contributed by atoms with Gasteiger partial charge in [-0.2, -0.15) is 76.4 Å². The van der Waals surface area contributed by atoms with Gasteiger partial charge in [0.1, 0.15) is 12.2 Å². The molecule has 2 saturated heterocycles. The number of ether oxygens (including phenoxy) is 2. The van der Waals surface area contributed by atoms with Crippen molar-refractivity contribution in [1.29, 1.82) is 0 Å². The van der Waals surface area contributed by atoms with E-state index in [9.17, 15) is 8.42 Å². The van der Waals surface area contributed by atoms with Crippen LogP contribution in [0, 0.1) is 35.5 Å². The Morgan fingerprint density at radius 1 is 0.600 bits per heavy atom. The number of hydrogen-bond acceptors (Lipinski definition) is 8. The standard InChI is InChI=1S/C32H40N4O4S.2C6H11.2Fe/c1-23-5-3-7-25(23)17-33-35(19-29-21-39-29)27-9-13-31(14-10-27)41(37,38)32-15-11-28(12-16-32)36(20-30-22-40-30)34-18-26-8-4-6-24(26)2;2*1-6-4-2-3-5-6;;/h9-18,25-26,29-30H,3-8,19-22H2,1-2H3;2*2-5H2,1H3;;/q-2;2*-1;2*+2/b33-17+,34-18+;;;;. The van der Waals surface area contributed by atoms with Crippen LogP contribution in [0.25, 0.3) is 0 Å². The Balaban J connectivity index is 0.000000410. The first-order chi connectivity index (χ1) is 25.7. The van der Waals surface area contributed by atoms with Gasteiger partial charge in [-0.05, 0) is 61.0 Å². The summed E-state index contributed by atoms with van der Waals surface area (Å²) in [4.78, 5) is 0.517. The monoisotopic (exact) mass is 854 g/mol. The second-order valence-electron chi connectivity index (χ2n) is 16.1. The summed E-state index contributed by atoms with van der Waals surface area (Å²) in [5, 5.41) is 13.4. The Kier molecular flexibility index (Phi) is 18.8. The summed E-state index contributed by atoms with van der Waals surface area (Å²) in [6, 6.07) is 14.0. The summed E-state index contributed by atoms with van der Waals surface area (Å²) < 4.78 is 37.9. The number of anilines is 2. The van der Waals surface area contributed by atoms with Crippen LogP contribution in [0.3, 0.4) is 0 Å². The molecule has 0 bridgehead atoms. The molecule has 6 aliphatic rings. The molecular formula is C44H62Fe2N4O4S. The molecule has 2 aromatic rings. The zero-order valence-electron chi connectivity index (χ0n) is 33.3. The maximum absolute atomic E-state index is 13.5. The zero-order chi connectivity index (χ0) is 37.2. The van der Waals surface area contributed by atoms with Crippen molar-refractivity contribution in [3.63, 3.8) is 0 Å². The Morgan fingerprint density at radius 2 is 0.945 bits per heavy atom. The third-order valence-corrected chi connectivity index (χ3v) is 13.4. The van der Waals surface area contributed by atoms with Crippen LogP contribution >= 0.6 is 0 Å². The molecule has 4 aliphatic carbocycles. The molecule has 4 unspecified atom stereocenters. The number of benzene rings is 2. The summed E-state index contributed by atoms with van der Waals surface area (Å²) in [6.45, 7) is 11.7. The molecule has 4 saturated carbocycles. The maximum Gasteiger partial charge on any atom is 2.00 e. The molecule has 0 aromatic heterocycles. The van der Waals surface area contributed by atoms with Gasteiger partial charge in [0.15, 0.2) is 0 Å². The van der Waals surface area contributed by atoms with Crippen LogP contribution in [0.4, 0.5) is 11.4 Å². The van der Waals surface area contributed by atoms with E-state index in [0.717, 1.165) is 50.3 Å². The average molecular weight is 855 g/mol. The normalized spacial score (nSPS) is 25.5. The van der Waals surface area contributed by atoms with E-state index in [-0.39, 0.29) is 56.1 Å². The predicted octanol–water partition coefficient (Wildman–Crippen LogP) is 9.99. The van der Waals surface area contributed by atoms with E-state index < -0.39 is 9.84 Å². The van der Waals surface area contributed by atoms with E-state index in [4.69, 9.17) is 19.7 Å². The van der Waals surface area contributed by atoms with Crippen molar-refractivity contribution in [2.75, 3.05) is 36.3 Å². The summed E-state index contributed by atoms with van der Waals surface area (Å²) in [5.41, 5.74) is 1.71. The van der Waals surface area contributed by atoms with Crippen LogP contribution < -0.4 is 10.0 Å². The van der Waals surface area contributed by atoms with Crippen molar-refractivity contribution >= 4 is 33.6 Å². The van der Waals surface area contributed by atoms with Gasteiger partial charge in [-0.15, -0.1) is 11.8 Å². The van der Waals surface area contributed by atoms with Crippen LogP contribution in [0.15, 0.2) is 68.5 Å². The topological polar surface area (TPSA) is 90.4 Å². The van der Waals surface area contributed by atoms with E-state index in [0.29, 0.717) is 24.9 Å². The third-order valence-electron chi connectivity index (χ3n) is 11.6. The van der Waals surface area contributed by atoms with E-state index in [1.54, 1.807) is 36.1 Å². The molecule has 0 amide bonds. The zero-order valence-corrected chi connectivity index (χ0v) is 36.4. The maximum atomic E-state index is 13.5. The van der Waals surface area contributed by atoms with Gasteiger partial charge in [0.05, 0.1) is 47.5 Å². The molecule has 55 heavy (non-hydrogen) atoms. The van der Waals surface area contributed by atoms with Gasteiger partial charge in [-0.1, -0.05) is 51.4 Å². The van der Waals surface area contributed by atoms with Crippen molar-refractivity contribution in [2.24, 2.45) is 22.0 Å². The van der Waals surface area contributed by atoms with Gasteiger partial charge in [-0.25, -0.2) is 8.42 Å². The molecule has 2 aliphatic heterocycles. The van der Waals surface area contributed by atoms with E-state index in [1.807, 2.05) is 46.7 Å². The van der Waals surface area contributed by atoms with Crippen molar-refractivity contribution in [3.8, 4) is 0 Å². The number of nitrogens with zero attached hydrogens (tertiary/aromatic N) is 4. The molecule has 4 atom stereocenters. The Hall–Kier alpha value is -1.71. The summed E-state index contributed by atoms with van der Waals surface area (Å²) in [6.07, 6.45) is 22.8. The fraction of sp³-hybridized carbons (Fsp3) is 0.591. The molecule has 11 heteroatoms. The first-order valence-electron chi connectivity index (χ1n) is 20.2. The molecule has 2 aromatic carbocycles. The number of hydrazone groups is 2. The quantitative estimate of drug-likeness (QED) is 0.0695. The van der Waals surface area contributed by atoms with Gasteiger partial charge in [-0.3, -0.25) is 10.0 Å². The molecule has 0 N–H and O–H groups in total. The Bertz CT molecular complexity index is 1460. The predicted molar refractivity (Wildman–Crippen MR) is 217 cm³/mol. The number of sulfone groups is 1. The number of epoxide rings is 2. The second kappa shape index (κ2) is 22.4. The van der Waals surface area contributed by atoms with E-state index in [1.165, 1.54) is 76.0 Å². The molecule has 2 heterocycles. The van der Waals surface area contributed by atoms with Crippen molar-refractivity contribution < 1.29 is 52.0 Å². The number of hydrogen-bond donors (Lipinski definition) is 0. The van der Waals surface area contributed by atoms with Crippen LogP contribution in [-0.2, 0) is 53.4 Å². The molecular weight excluding hydrogens is 792 g/mol. The SMILES string of the molecule is C[C-]1CCCC1.C[C-]1CCCC1.C[C-]1CCCC1/C=N/N(CC1CO1)c1ccc(S(=O)(=O)c2ccc(N(CC3CO3)/N=C/C3CCC[C-]3C)cc2)cc1.[Fe+2].[Fe+2]. The summed E-state index contributed by atoms with van der Waals surface area (Å²) in [5.74, 6) is 7.17. The van der Waals surface area contributed by atoms with E-state index >= 15 is 0 Å². The summed E-state index contributed by atoms with van der Waals surface area (Å²) in [7, 11) is -3.68. The van der Waals surface area contributed by atoms with Crippen molar-refractivity contribution in [3.05, 3.63) is 72.2 Å². The first kappa shape index (κ1) is 46.0. The fourth-order valence-corrected chi connectivity index (χ4v) is 8.91. The minimum Gasteiger partial charge on any atom is -0.371 e. The van der Waals surface area contributed by atoms with Crippen molar-refractivity contribution in [2.45, 2.75) is 140 Å². The second-order valence-corrected chi connectivity index (χ2v) is 18.1. The Morgan fingerprint density at radius 3 is 1.20 bits per heavy atom. The van der Waals surface area contributed by atoms with Gasteiger partial charge >= 0.3 is 34.1 Å². The largest absolute Gasteiger partial charge is 2.00 e. The minimum atomic E-state index is -3.68. The summed E-state index contributed by atoms with van der Waals surface area (Å²) >= 11 is 0. The smallest absolute Gasteiger partial charge is 0.371 e. The molecule has 6 fully saturated rings. The average Bonchev–Trinajstić information content (AvgIpc) is 3.92. The van der Waals surface area contributed by atoms with Gasteiger partial charge < -0.3 is 33.1 Å². The van der Waals surface area contributed by atoms with Crippen LogP contribution in [0.1, 0.15) is 118 Å². The minimum absolute atomic E-state index is 0. The van der Waals surface area contributed by atoms with Crippen LogP contribution in [0.2, 0.25) is 0 Å². The number of rotatable bonds is 12. The van der Waals surface area contributed by atoms with Crippen molar-refractivity contribution in [1.82, 2.24) is 0 Å². The van der Waals surface area contributed by atoms with Crippen LogP contribution in [0.5, 0.6) is 0 Å². The molecule has 8 nitrogen and oxygen atoms in total. The third kappa shape index (κ3) is 14.3. The van der Waals surface area contributed by atoms with Gasteiger partial charge in [0.25, 0.3) is 0 Å².